The van der Waals surface area contributed by atoms with Gasteiger partial charge in [-0.25, -0.2) is 0 Å². The zero-order valence-corrected chi connectivity index (χ0v) is 11.2. The summed E-state index contributed by atoms with van der Waals surface area (Å²) in [7, 11) is -1.78. The minimum absolute atomic E-state index is 0.0698. The molecule has 0 aliphatic carbocycles. The Kier molecular flexibility index (Phi) is 3.35. The largest absolute Gasteiger partial charge is 0.460 e. The number of aliphatic hydroxyl groups excluding tert-OH is 1. The molecule has 4 heteroatoms. The second-order valence-electron chi connectivity index (χ2n) is 5.11. The van der Waals surface area contributed by atoms with Crippen LogP contribution in [-0.2, 0) is 9.53 Å². The first-order valence-electron chi connectivity index (χ1n) is 5.91. The Morgan fingerprint density at radius 3 is 2.59 bits per heavy atom. The summed E-state index contributed by atoms with van der Waals surface area (Å²) in [4.78, 5) is 11.4. The van der Waals surface area contributed by atoms with Crippen LogP contribution in [0.5, 0.6) is 0 Å². The van der Waals surface area contributed by atoms with Gasteiger partial charge in [0.25, 0.3) is 0 Å². The summed E-state index contributed by atoms with van der Waals surface area (Å²) in [5.41, 5.74) is 0.169. The van der Waals surface area contributed by atoms with Gasteiger partial charge < -0.3 is 9.84 Å². The molecule has 1 N–H and O–H groups in total. The van der Waals surface area contributed by atoms with Crippen LogP contribution in [0.3, 0.4) is 0 Å². The fourth-order valence-electron chi connectivity index (χ4n) is 2.58. The van der Waals surface area contributed by atoms with Crippen LogP contribution in [0.15, 0.2) is 30.3 Å². The van der Waals surface area contributed by atoms with Gasteiger partial charge in [0.15, 0.2) is 0 Å². The molecule has 2 atom stereocenters. The summed E-state index contributed by atoms with van der Waals surface area (Å²) >= 11 is 0. The van der Waals surface area contributed by atoms with E-state index in [4.69, 9.17) is 4.74 Å². The maximum absolute atomic E-state index is 11.4. The first-order chi connectivity index (χ1) is 8.05. The minimum atomic E-state index is -1.78. The van der Waals surface area contributed by atoms with E-state index in [0.29, 0.717) is 6.42 Å². The van der Waals surface area contributed by atoms with E-state index < -0.39 is 8.07 Å². The summed E-state index contributed by atoms with van der Waals surface area (Å²) in [6.07, 6.45) is 0.128. The van der Waals surface area contributed by atoms with Crippen molar-refractivity contribution in [3.63, 3.8) is 0 Å². The van der Waals surface area contributed by atoms with E-state index in [0.717, 1.165) is 0 Å². The highest BCUT2D eigenvalue weighted by molar-refractivity contribution is 6.91. The molecule has 0 bridgehead atoms. The van der Waals surface area contributed by atoms with Gasteiger partial charge >= 0.3 is 5.97 Å². The molecule has 2 rings (SSSR count). The third-order valence-corrected chi connectivity index (χ3v) is 7.99. The molecule has 0 aromatic heterocycles. The molecule has 0 saturated carbocycles. The molecule has 1 aliphatic heterocycles. The quantitative estimate of drug-likeness (QED) is 0.649. The molecule has 17 heavy (non-hydrogen) atoms. The van der Waals surface area contributed by atoms with E-state index in [9.17, 15) is 9.90 Å². The lowest BCUT2D eigenvalue weighted by Crippen LogP contribution is -2.49. The van der Waals surface area contributed by atoms with Crippen LogP contribution in [0.2, 0.25) is 18.6 Å². The van der Waals surface area contributed by atoms with Crippen LogP contribution in [0.4, 0.5) is 0 Å². The van der Waals surface area contributed by atoms with Gasteiger partial charge in [-0.2, -0.15) is 0 Å². The summed E-state index contributed by atoms with van der Waals surface area (Å²) < 4.78 is 5.18. The summed E-state index contributed by atoms with van der Waals surface area (Å²) in [5.74, 6) is -0.175. The van der Waals surface area contributed by atoms with Crippen molar-refractivity contribution in [2.24, 2.45) is 0 Å². The predicted molar refractivity (Wildman–Crippen MR) is 68.9 cm³/mol. The smallest absolute Gasteiger partial charge is 0.306 e. The molecule has 0 unspecified atom stereocenters. The summed E-state index contributed by atoms with van der Waals surface area (Å²) in [6, 6.07) is 10.3. The molecule has 1 aromatic carbocycles. The lowest BCUT2D eigenvalue weighted by molar-refractivity contribution is -0.142. The van der Waals surface area contributed by atoms with Crippen molar-refractivity contribution in [3.05, 3.63) is 30.3 Å². The summed E-state index contributed by atoms with van der Waals surface area (Å²) in [5, 5.41) is 10.6. The normalized spacial score (nSPS) is 24.8. The fraction of sp³-hybridized carbons (Fsp3) is 0.462. The number of benzene rings is 1. The van der Waals surface area contributed by atoms with Gasteiger partial charge in [-0.3, -0.25) is 4.79 Å². The molecule has 3 nitrogen and oxygen atoms in total. The van der Waals surface area contributed by atoms with Crippen LogP contribution in [0, 0.1) is 0 Å². The van der Waals surface area contributed by atoms with Crippen LogP contribution < -0.4 is 5.19 Å². The fourth-order valence-corrected chi connectivity index (χ4v) is 5.84. The van der Waals surface area contributed by atoms with Crippen molar-refractivity contribution < 1.29 is 14.6 Å². The highest BCUT2D eigenvalue weighted by atomic mass is 28.3. The second-order valence-corrected chi connectivity index (χ2v) is 9.87. The maximum atomic E-state index is 11.4. The number of cyclic esters (lactones) is 1. The van der Waals surface area contributed by atoms with Crippen molar-refractivity contribution in [2.45, 2.75) is 31.2 Å². The average Bonchev–Trinajstić information content (AvgIpc) is 2.72. The molecule has 1 aliphatic rings. The zero-order chi connectivity index (χ0) is 12.5. The van der Waals surface area contributed by atoms with E-state index >= 15 is 0 Å². The van der Waals surface area contributed by atoms with Crippen molar-refractivity contribution >= 4 is 19.2 Å². The third kappa shape index (κ3) is 2.28. The zero-order valence-electron chi connectivity index (χ0n) is 10.2. The Labute approximate surface area is 102 Å². The van der Waals surface area contributed by atoms with Gasteiger partial charge in [-0.15, -0.1) is 0 Å². The van der Waals surface area contributed by atoms with Crippen molar-refractivity contribution in [2.75, 3.05) is 6.61 Å². The molecule has 1 saturated heterocycles. The number of rotatable bonds is 3. The number of hydrogen-bond acceptors (Lipinski definition) is 3. The Balaban J connectivity index is 2.29. The molecular formula is C13H18O3Si. The SMILES string of the molecule is C[Si](C)(c1ccccc1)[C@@H]1CC(=O)O[C@H]1CO. The van der Waals surface area contributed by atoms with Crippen molar-refractivity contribution in [1.82, 2.24) is 0 Å². The number of hydrogen-bond donors (Lipinski definition) is 1. The van der Waals surface area contributed by atoms with Crippen molar-refractivity contribution in [3.8, 4) is 0 Å². The Morgan fingerprint density at radius 1 is 1.35 bits per heavy atom. The first-order valence-corrected chi connectivity index (χ1v) is 8.99. The van der Waals surface area contributed by atoms with E-state index in [1.165, 1.54) is 5.19 Å². The van der Waals surface area contributed by atoms with Crippen LogP contribution in [0.25, 0.3) is 0 Å². The molecule has 0 radical (unpaired) electrons. The Bertz CT molecular complexity index is 402. The molecule has 0 amide bonds. The predicted octanol–water partition coefficient (Wildman–Crippen LogP) is 1.28. The van der Waals surface area contributed by atoms with E-state index in [-0.39, 0.29) is 24.2 Å². The van der Waals surface area contributed by atoms with Crippen LogP contribution >= 0.6 is 0 Å². The van der Waals surface area contributed by atoms with Gasteiger partial charge in [0.1, 0.15) is 6.10 Å². The van der Waals surface area contributed by atoms with Crippen molar-refractivity contribution in [1.29, 1.82) is 0 Å². The van der Waals surface area contributed by atoms with E-state index in [1.807, 2.05) is 18.2 Å². The summed E-state index contributed by atoms with van der Waals surface area (Å²) in [6.45, 7) is 4.40. The monoisotopic (exact) mass is 250 g/mol. The maximum Gasteiger partial charge on any atom is 0.306 e. The lowest BCUT2D eigenvalue weighted by Gasteiger charge is -2.31. The number of ether oxygens (including phenoxy) is 1. The standard InChI is InChI=1S/C13H18O3Si/c1-17(2,10-6-4-3-5-7-10)12-8-13(15)16-11(12)9-14/h3-7,11-12,14H,8-9H2,1-2H3/t11-,12+/m0/s1. The Morgan fingerprint density at radius 2 is 2.00 bits per heavy atom. The van der Waals surface area contributed by atoms with Gasteiger partial charge in [0.2, 0.25) is 0 Å². The van der Waals surface area contributed by atoms with Gasteiger partial charge in [0, 0.05) is 12.0 Å². The Hall–Kier alpha value is -1.13. The third-order valence-electron chi connectivity index (χ3n) is 3.74. The first kappa shape index (κ1) is 12.3. The van der Waals surface area contributed by atoms with Crippen LogP contribution in [-0.4, -0.2) is 31.9 Å². The highest BCUT2D eigenvalue weighted by Crippen LogP contribution is 2.36. The van der Waals surface area contributed by atoms with Gasteiger partial charge in [0.05, 0.1) is 14.7 Å². The average molecular weight is 250 g/mol. The molecule has 1 fully saturated rings. The number of esters is 1. The van der Waals surface area contributed by atoms with Crippen LogP contribution in [0.1, 0.15) is 6.42 Å². The number of aliphatic hydroxyl groups is 1. The number of carbonyl (C=O) groups is 1. The van der Waals surface area contributed by atoms with Gasteiger partial charge in [-0.1, -0.05) is 48.6 Å². The highest BCUT2D eigenvalue weighted by Gasteiger charge is 2.45. The molecule has 0 spiro atoms. The molecule has 1 aromatic rings. The molecular weight excluding hydrogens is 232 g/mol. The lowest BCUT2D eigenvalue weighted by atomic mass is 10.2. The van der Waals surface area contributed by atoms with Gasteiger partial charge in [-0.05, 0) is 0 Å². The second kappa shape index (κ2) is 4.62. The molecule has 1 heterocycles. The molecule has 92 valence electrons. The number of carbonyl (C=O) groups excluding carboxylic acids is 1. The topological polar surface area (TPSA) is 46.5 Å². The van der Waals surface area contributed by atoms with E-state index in [2.05, 4.69) is 25.2 Å². The minimum Gasteiger partial charge on any atom is -0.460 e. The van der Waals surface area contributed by atoms with E-state index in [1.54, 1.807) is 0 Å².